The van der Waals surface area contributed by atoms with E-state index in [1.165, 1.54) is 25.2 Å². The van der Waals surface area contributed by atoms with Crippen molar-refractivity contribution < 1.29 is 36.6 Å². The lowest BCUT2D eigenvalue weighted by atomic mass is 9.88. The van der Waals surface area contributed by atoms with Gasteiger partial charge in [0, 0.05) is 32.1 Å². The van der Waals surface area contributed by atoms with Gasteiger partial charge in [0.05, 0.1) is 18.8 Å². The fourth-order valence-electron chi connectivity index (χ4n) is 4.91. The molecule has 2 unspecified atom stereocenters. The summed E-state index contributed by atoms with van der Waals surface area (Å²) in [5.74, 6) is -1.43. The lowest BCUT2D eigenvalue weighted by molar-refractivity contribution is -0.145. The average Bonchev–Trinajstić information content (AvgIpc) is 2.79. The number of carbonyl (C=O) groups excluding carboxylic acids is 1. The molecule has 8 nitrogen and oxygen atoms in total. The van der Waals surface area contributed by atoms with Crippen LogP contribution in [0.25, 0.3) is 0 Å². The summed E-state index contributed by atoms with van der Waals surface area (Å²) in [7, 11) is 0. The number of nitrogens with zero attached hydrogens (tertiary/aromatic N) is 3. The molecule has 12 heteroatoms. The summed E-state index contributed by atoms with van der Waals surface area (Å²) in [6.45, 7) is 10.2. The predicted molar refractivity (Wildman–Crippen MR) is 133 cm³/mol. The van der Waals surface area contributed by atoms with Crippen molar-refractivity contribution in [1.82, 2.24) is 15.1 Å². The van der Waals surface area contributed by atoms with Crippen LogP contribution in [0.3, 0.4) is 0 Å². The molecule has 0 aromatic carbocycles. The first-order valence-electron chi connectivity index (χ1n) is 12.8. The molecule has 2 saturated heterocycles. The first-order chi connectivity index (χ1) is 17.5. The molecule has 3 aliphatic heterocycles. The lowest BCUT2D eigenvalue weighted by Crippen LogP contribution is -2.64. The van der Waals surface area contributed by atoms with E-state index >= 15 is 0 Å². The van der Waals surface area contributed by atoms with Crippen LogP contribution in [0, 0.1) is 0 Å². The van der Waals surface area contributed by atoms with Crippen molar-refractivity contribution in [3.05, 3.63) is 35.8 Å². The Balaban J connectivity index is 1.47. The molecule has 1 spiro atoms. The Labute approximate surface area is 220 Å². The molecule has 1 N–H and O–H groups in total. The molecule has 4 aliphatic rings. The van der Waals surface area contributed by atoms with Crippen molar-refractivity contribution in [1.29, 1.82) is 0 Å². The number of likely N-dealkylation sites (tertiary alicyclic amines) is 1. The van der Waals surface area contributed by atoms with Gasteiger partial charge in [-0.15, -0.1) is 0 Å². The van der Waals surface area contributed by atoms with Gasteiger partial charge in [-0.25, -0.2) is 14.2 Å². The number of rotatable bonds is 2. The van der Waals surface area contributed by atoms with Gasteiger partial charge in [-0.3, -0.25) is 4.90 Å². The molecule has 0 aromatic rings. The fourth-order valence-corrected chi connectivity index (χ4v) is 4.91. The summed E-state index contributed by atoms with van der Waals surface area (Å²) in [5, 5.41) is 2.54. The van der Waals surface area contributed by atoms with Crippen molar-refractivity contribution in [3.8, 4) is 0 Å². The third-order valence-corrected chi connectivity index (χ3v) is 6.98. The maximum atomic E-state index is 14.1. The third-order valence-electron chi connectivity index (χ3n) is 6.98. The number of hydrogen-bond acceptors (Lipinski definition) is 7. The molecule has 1 aliphatic carbocycles. The number of carbonyl (C=O) groups is 1. The summed E-state index contributed by atoms with van der Waals surface area (Å²) >= 11 is 0. The molecule has 3 heterocycles. The SMILES string of the molecule is CC1(F)C=CC(OC2=NC(C)(N3CCC4(CC3)CN(C(=O)OC(C)(C)C)CCO4)NC(C(F)(F)F)=C2)=CC1. The van der Waals surface area contributed by atoms with Crippen LogP contribution in [-0.4, -0.2) is 83.4 Å². The molecule has 0 radical (unpaired) electrons. The van der Waals surface area contributed by atoms with Gasteiger partial charge in [0.2, 0.25) is 5.90 Å². The van der Waals surface area contributed by atoms with Crippen LogP contribution in [0.4, 0.5) is 22.4 Å². The second-order valence-electron chi connectivity index (χ2n) is 11.6. The van der Waals surface area contributed by atoms with Gasteiger partial charge in [0.25, 0.3) is 0 Å². The number of ether oxygens (including phenoxy) is 3. The van der Waals surface area contributed by atoms with Gasteiger partial charge in [-0.2, -0.15) is 13.2 Å². The van der Waals surface area contributed by atoms with Crippen molar-refractivity contribution in [2.45, 2.75) is 82.7 Å². The van der Waals surface area contributed by atoms with E-state index in [0.717, 1.165) is 6.08 Å². The maximum Gasteiger partial charge on any atom is 0.431 e. The first kappa shape index (κ1) is 28.4. The van der Waals surface area contributed by atoms with Crippen LogP contribution in [0.5, 0.6) is 0 Å². The van der Waals surface area contributed by atoms with Gasteiger partial charge in [-0.1, -0.05) is 0 Å². The number of aliphatic imine (C=N–C) groups is 1. The number of hydrogen-bond donors (Lipinski definition) is 1. The number of nitrogens with one attached hydrogen (secondary N) is 1. The van der Waals surface area contributed by atoms with Crippen molar-refractivity contribution >= 4 is 12.0 Å². The van der Waals surface area contributed by atoms with Gasteiger partial charge < -0.3 is 24.4 Å². The van der Waals surface area contributed by atoms with E-state index in [4.69, 9.17) is 14.2 Å². The molecule has 2 fully saturated rings. The highest BCUT2D eigenvalue weighted by Gasteiger charge is 2.48. The van der Waals surface area contributed by atoms with Crippen LogP contribution < -0.4 is 5.32 Å². The van der Waals surface area contributed by atoms with Gasteiger partial charge >= 0.3 is 12.3 Å². The molecule has 4 rings (SSSR count). The van der Waals surface area contributed by atoms with E-state index in [2.05, 4.69) is 10.3 Å². The minimum atomic E-state index is -4.66. The van der Waals surface area contributed by atoms with E-state index in [9.17, 15) is 22.4 Å². The Morgan fingerprint density at radius 1 is 1.16 bits per heavy atom. The minimum absolute atomic E-state index is 0.0476. The summed E-state index contributed by atoms with van der Waals surface area (Å²) < 4.78 is 72.8. The predicted octanol–water partition coefficient (Wildman–Crippen LogP) is 4.80. The topological polar surface area (TPSA) is 75.6 Å². The zero-order chi connectivity index (χ0) is 28.0. The molecule has 212 valence electrons. The first-order valence-corrected chi connectivity index (χ1v) is 12.8. The third kappa shape index (κ3) is 6.69. The van der Waals surface area contributed by atoms with E-state index in [0.29, 0.717) is 45.6 Å². The maximum absolute atomic E-state index is 14.1. The smallest absolute Gasteiger partial charge is 0.431 e. The lowest BCUT2D eigenvalue weighted by Gasteiger charge is -2.50. The molecule has 2 atom stereocenters. The quantitative estimate of drug-likeness (QED) is 0.504. The van der Waals surface area contributed by atoms with Crippen LogP contribution in [0.1, 0.15) is 53.9 Å². The van der Waals surface area contributed by atoms with Crippen LogP contribution in [0.15, 0.2) is 40.8 Å². The van der Waals surface area contributed by atoms with Crippen molar-refractivity contribution in [3.63, 3.8) is 0 Å². The van der Waals surface area contributed by atoms with Crippen molar-refractivity contribution in [2.75, 3.05) is 32.8 Å². The van der Waals surface area contributed by atoms with E-state index in [1.807, 2.05) is 0 Å². The standard InChI is InChI=1S/C26H36F4N4O4/c1-22(2,3)38-21(35)33-14-15-36-25(17-33)10-12-34(13-11-25)24(5)31-19(26(28,29)30)16-20(32-24)37-18-6-8-23(4,27)9-7-18/h6-8,16,31H,9-15,17H2,1-5H3. The normalized spacial score (nSPS) is 30.2. The Hall–Kier alpha value is -2.60. The number of morpholine rings is 1. The highest BCUT2D eigenvalue weighted by Crippen LogP contribution is 2.36. The Bertz CT molecular complexity index is 1050. The molecular weight excluding hydrogens is 508 g/mol. The molecule has 0 saturated carbocycles. The Kier molecular flexibility index (Phi) is 7.37. The number of allylic oxidation sites excluding steroid dienone is 4. The van der Waals surface area contributed by atoms with E-state index < -0.39 is 40.6 Å². The van der Waals surface area contributed by atoms with Gasteiger partial charge in [0.1, 0.15) is 22.7 Å². The number of amides is 1. The second-order valence-corrected chi connectivity index (χ2v) is 11.6. The number of halogens is 4. The number of piperidine rings is 1. The number of alkyl halides is 4. The molecule has 1 amide bonds. The van der Waals surface area contributed by atoms with E-state index in [1.54, 1.807) is 37.5 Å². The van der Waals surface area contributed by atoms with Crippen LogP contribution >= 0.6 is 0 Å². The summed E-state index contributed by atoms with van der Waals surface area (Å²) in [5.41, 5.74) is -3.75. The van der Waals surface area contributed by atoms with Gasteiger partial charge in [-0.05, 0) is 65.7 Å². The Morgan fingerprint density at radius 3 is 2.42 bits per heavy atom. The van der Waals surface area contributed by atoms with E-state index in [-0.39, 0.29) is 18.1 Å². The second kappa shape index (κ2) is 9.86. The molecule has 38 heavy (non-hydrogen) atoms. The van der Waals surface area contributed by atoms with Gasteiger partial charge in [0.15, 0.2) is 5.79 Å². The zero-order valence-electron chi connectivity index (χ0n) is 22.5. The molecule has 0 bridgehead atoms. The minimum Gasteiger partial charge on any atom is -0.444 e. The highest BCUT2D eigenvalue weighted by atomic mass is 19.4. The zero-order valence-corrected chi connectivity index (χ0v) is 22.5. The summed E-state index contributed by atoms with van der Waals surface area (Å²) in [6, 6.07) is 0. The largest absolute Gasteiger partial charge is 0.444 e. The van der Waals surface area contributed by atoms with Crippen LogP contribution in [0.2, 0.25) is 0 Å². The summed E-state index contributed by atoms with van der Waals surface area (Å²) in [4.78, 5) is 20.5. The van der Waals surface area contributed by atoms with Crippen molar-refractivity contribution in [2.24, 2.45) is 4.99 Å². The molecule has 0 aromatic heterocycles. The summed E-state index contributed by atoms with van der Waals surface area (Å²) in [6.07, 6.45) is 0.976. The monoisotopic (exact) mass is 544 g/mol. The van der Waals surface area contributed by atoms with Crippen LogP contribution in [-0.2, 0) is 14.2 Å². The Morgan fingerprint density at radius 2 is 1.84 bits per heavy atom. The average molecular weight is 545 g/mol. The fraction of sp³-hybridized carbons (Fsp3) is 0.692. The molecular formula is C26H36F4N4O4. The highest BCUT2D eigenvalue weighted by molar-refractivity contribution is 5.90.